The predicted octanol–water partition coefficient (Wildman–Crippen LogP) is 4.34. The normalized spacial score (nSPS) is 12.1. The van der Waals surface area contributed by atoms with Gasteiger partial charge in [0.1, 0.15) is 4.99 Å². The second kappa shape index (κ2) is 9.11. The minimum Gasteiger partial charge on any atom is -0.355 e. The molecule has 0 aliphatic rings. The van der Waals surface area contributed by atoms with Gasteiger partial charge in [-0.2, -0.15) is 0 Å². The van der Waals surface area contributed by atoms with E-state index in [-0.39, 0.29) is 0 Å². The zero-order valence-electron chi connectivity index (χ0n) is 11.9. The van der Waals surface area contributed by atoms with Crippen LogP contribution in [0.3, 0.4) is 0 Å². The quantitative estimate of drug-likeness (QED) is 0.454. The first-order valence-corrected chi connectivity index (χ1v) is 8.24. The minimum atomic E-state index is -0.711. The lowest BCUT2D eigenvalue weighted by molar-refractivity contribution is 0.0552. The van der Waals surface area contributed by atoms with Crippen molar-refractivity contribution in [3.8, 4) is 0 Å². The van der Waals surface area contributed by atoms with Crippen LogP contribution in [0.15, 0.2) is 60.7 Å². The Balaban J connectivity index is 1.86. The maximum atomic E-state index is 5.98. The molecule has 22 heavy (non-hydrogen) atoms. The molecule has 0 aromatic heterocycles. The van der Waals surface area contributed by atoms with Crippen molar-refractivity contribution in [2.45, 2.75) is 17.5 Å². The van der Waals surface area contributed by atoms with Crippen LogP contribution in [-0.2, 0) is 11.2 Å². The van der Waals surface area contributed by atoms with Crippen LogP contribution in [0, 0.1) is 0 Å². The molecule has 0 aliphatic heterocycles. The summed E-state index contributed by atoms with van der Waals surface area (Å²) in [7, 11) is 0. The van der Waals surface area contributed by atoms with Crippen molar-refractivity contribution in [3.63, 3.8) is 0 Å². The highest BCUT2D eigenvalue weighted by molar-refractivity contribution is 7.80. The fraction of sp³-hybridized carbons (Fsp3) is 0.235. The highest BCUT2D eigenvalue weighted by Crippen LogP contribution is 2.12. The average Bonchev–Trinajstić information content (AvgIpc) is 2.55. The van der Waals surface area contributed by atoms with Crippen molar-refractivity contribution >= 4 is 40.4 Å². The zero-order chi connectivity index (χ0) is 15.8. The zero-order valence-corrected chi connectivity index (χ0v) is 14.2. The third-order valence-corrected chi connectivity index (χ3v) is 3.88. The highest BCUT2D eigenvalue weighted by atomic mass is 35.5. The second-order valence-electron chi connectivity index (χ2n) is 4.70. The summed E-state index contributed by atoms with van der Waals surface area (Å²) in [6, 6.07) is 19.7. The van der Waals surface area contributed by atoms with E-state index in [1.807, 2.05) is 48.5 Å². The molecule has 5 heteroatoms. The van der Waals surface area contributed by atoms with Crippen molar-refractivity contribution in [1.29, 1.82) is 0 Å². The number of thiocarbonyl (C=S) groups is 1. The van der Waals surface area contributed by atoms with E-state index in [0.717, 1.165) is 12.0 Å². The van der Waals surface area contributed by atoms with E-state index in [4.69, 9.17) is 40.2 Å². The molecule has 2 rings (SSSR count). The standard InChI is InChI=1S/C17H17Cl2NOS/c18-15(19)16(20-17(22)14-9-5-2-6-10-14)21-12-11-13-7-3-1-4-8-13/h1-10,15-16H,11-12H2,(H,20,22). The molecule has 0 bridgehead atoms. The van der Waals surface area contributed by atoms with E-state index in [9.17, 15) is 0 Å². The topological polar surface area (TPSA) is 21.3 Å². The van der Waals surface area contributed by atoms with Gasteiger partial charge in [0.2, 0.25) is 0 Å². The molecule has 116 valence electrons. The van der Waals surface area contributed by atoms with Crippen LogP contribution in [0.25, 0.3) is 0 Å². The molecule has 0 spiro atoms. The summed E-state index contributed by atoms with van der Waals surface area (Å²) in [5.41, 5.74) is 2.11. The molecule has 1 N–H and O–H groups in total. The van der Waals surface area contributed by atoms with Crippen LogP contribution < -0.4 is 5.32 Å². The van der Waals surface area contributed by atoms with E-state index >= 15 is 0 Å². The molecule has 1 atom stereocenters. The van der Waals surface area contributed by atoms with E-state index in [0.29, 0.717) is 11.6 Å². The second-order valence-corrected chi connectivity index (χ2v) is 6.27. The van der Waals surface area contributed by atoms with E-state index in [1.165, 1.54) is 5.56 Å². The van der Waals surface area contributed by atoms with Gasteiger partial charge in [-0.1, -0.05) is 72.9 Å². The number of rotatable bonds is 7. The van der Waals surface area contributed by atoms with Crippen LogP contribution in [0.2, 0.25) is 0 Å². The fourth-order valence-corrected chi connectivity index (χ4v) is 2.45. The Morgan fingerprint density at radius 2 is 1.59 bits per heavy atom. The minimum absolute atomic E-state index is 0.509. The third kappa shape index (κ3) is 5.58. The Morgan fingerprint density at radius 1 is 1.00 bits per heavy atom. The fourth-order valence-electron chi connectivity index (χ4n) is 1.93. The van der Waals surface area contributed by atoms with Crippen molar-refractivity contribution in [3.05, 3.63) is 71.8 Å². The van der Waals surface area contributed by atoms with Crippen molar-refractivity contribution in [2.24, 2.45) is 0 Å². The summed E-state index contributed by atoms with van der Waals surface area (Å²) in [4.78, 5) is -0.144. The number of hydrogen-bond donors (Lipinski definition) is 1. The number of ether oxygens (including phenoxy) is 1. The molecular formula is C17H17Cl2NOS. The number of halogens is 2. The van der Waals surface area contributed by atoms with Crippen LogP contribution >= 0.6 is 35.4 Å². The summed E-state index contributed by atoms with van der Waals surface area (Å²) in [5, 5.41) is 3.06. The smallest absolute Gasteiger partial charge is 0.158 e. The van der Waals surface area contributed by atoms with Gasteiger partial charge in [-0.15, -0.1) is 23.2 Å². The van der Waals surface area contributed by atoms with E-state index < -0.39 is 11.1 Å². The van der Waals surface area contributed by atoms with Crippen molar-refractivity contribution in [2.75, 3.05) is 6.61 Å². The largest absolute Gasteiger partial charge is 0.355 e. The predicted molar refractivity (Wildman–Crippen MR) is 96.7 cm³/mol. The van der Waals surface area contributed by atoms with Gasteiger partial charge in [0.05, 0.1) is 6.61 Å². The third-order valence-electron chi connectivity index (χ3n) is 3.07. The molecule has 0 saturated heterocycles. The summed E-state index contributed by atoms with van der Waals surface area (Å²) < 4.78 is 5.74. The number of hydrogen-bond acceptors (Lipinski definition) is 2. The first kappa shape index (κ1) is 17.2. The van der Waals surface area contributed by atoms with Crippen LogP contribution in [0.5, 0.6) is 0 Å². The summed E-state index contributed by atoms with van der Waals surface area (Å²) in [6.45, 7) is 0.509. The average molecular weight is 354 g/mol. The number of benzene rings is 2. The molecule has 0 amide bonds. The molecule has 2 nitrogen and oxygen atoms in total. The lowest BCUT2D eigenvalue weighted by Crippen LogP contribution is -2.41. The lowest BCUT2D eigenvalue weighted by atomic mass is 10.2. The molecule has 0 aliphatic carbocycles. The summed E-state index contributed by atoms with van der Waals surface area (Å²) in [5.74, 6) is 0. The first-order chi connectivity index (χ1) is 10.7. The SMILES string of the molecule is S=C(NC(OCCc1ccccc1)C(Cl)Cl)c1ccccc1. The van der Waals surface area contributed by atoms with Crippen molar-refractivity contribution in [1.82, 2.24) is 5.32 Å². The van der Waals surface area contributed by atoms with Crippen LogP contribution in [0.4, 0.5) is 0 Å². The summed E-state index contributed by atoms with van der Waals surface area (Å²) in [6.07, 6.45) is 0.247. The maximum Gasteiger partial charge on any atom is 0.158 e. The lowest BCUT2D eigenvalue weighted by Gasteiger charge is -2.22. The van der Waals surface area contributed by atoms with Crippen LogP contribution in [-0.4, -0.2) is 22.7 Å². The van der Waals surface area contributed by atoms with Gasteiger partial charge in [0.15, 0.2) is 11.1 Å². The first-order valence-electron chi connectivity index (χ1n) is 6.96. The molecule has 0 radical (unpaired) electrons. The monoisotopic (exact) mass is 353 g/mol. The molecular weight excluding hydrogens is 337 g/mol. The number of alkyl halides is 2. The molecule has 0 saturated carbocycles. The Morgan fingerprint density at radius 3 is 2.18 bits per heavy atom. The summed E-state index contributed by atoms with van der Waals surface area (Å²) >= 11 is 17.3. The van der Waals surface area contributed by atoms with E-state index in [2.05, 4.69) is 17.4 Å². The Bertz CT molecular complexity index is 578. The Hall–Kier alpha value is -1.13. The Labute approximate surface area is 146 Å². The van der Waals surface area contributed by atoms with E-state index in [1.54, 1.807) is 0 Å². The van der Waals surface area contributed by atoms with Gasteiger partial charge in [-0.05, 0) is 12.0 Å². The van der Waals surface area contributed by atoms with Crippen molar-refractivity contribution < 1.29 is 4.74 Å². The van der Waals surface area contributed by atoms with Gasteiger partial charge in [0.25, 0.3) is 0 Å². The maximum absolute atomic E-state index is 5.98. The van der Waals surface area contributed by atoms with Gasteiger partial charge in [-0.3, -0.25) is 0 Å². The number of nitrogens with one attached hydrogen (secondary N) is 1. The molecule has 2 aromatic carbocycles. The van der Waals surface area contributed by atoms with Gasteiger partial charge in [0, 0.05) is 5.56 Å². The van der Waals surface area contributed by atoms with Crippen LogP contribution in [0.1, 0.15) is 11.1 Å². The molecule has 1 unspecified atom stereocenters. The van der Waals surface area contributed by atoms with Gasteiger partial charge < -0.3 is 10.1 Å². The molecule has 0 heterocycles. The highest BCUT2D eigenvalue weighted by Gasteiger charge is 2.19. The molecule has 2 aromatic rings. The van der Waals surface area contributed by atoms with Gasteiger partial charge >= 0.3 is 0 Å². The van der Waals surface area contributed by atoms with Gasteiger partial charge in [-0.25, -0.2) is 0 Å². The molecule has 0 fully saturated rings. The Kier molecular flexibility index (Phi) is 7.13.